The van der Waals surface area contributed by atoms with E-state index in [2.05, 4.69) is 69.3 Å². The summed E-state index contributed by atoms with van der Waals surface area (Å²) >= 11 is 0. The van der Waals surface area contributed by atoms with E-state index < -0.39 is 0 Å². The summed E-state index contributed by atoms with van der Waals surface area (Å²) < 4.78 is 0. The van der Waals surface area contributed by atoms with Crippen molar-refractivity contribution in [3.63, 3.8) is 0 Å². The van der Waals surface area contributed by atoms with Crippen LogP contribution in [-0.2, 0) is 0 Å². The summed E-state index contributed by atoms with van der Waals surface area (Å²) in [5.74, 6) is -0.0123. The highest BCUT2D eigenvalue weighted by Crippen LogP contribution is 2.29. The molecule has 1 amide bonds. The quantitative estimate of drug-likeness (QED) is 0.785. The Morgan fingerprint density at radius 3 is 2.33 bits per heavy atom. The van der Waals surface area contributed by atoms with Crippen LogP contribution in [0.25, 0.3) is 10.9 Å². The molecule has 0 bridgehead atoms. The van der Waals surface area contributed by atoms with E-state index in [1.54, 1.807) is 0 Å². The van der Waals surface area contributed by atoms with Crippen LogP contribution in [0.2, 0.25) is 0 Å². The second-order valence-corrected chi connectivity index (χ2v) is 8.70. The van der Waals surface area contributed by atoms with Crippen LogP contribution in [0.1, 0.15) is 62.2 Å². The van der Waals surface area contributed by atoms with E-state index in [1.807, 2.05) is 6.07 Å². The van der Waals surface area contributed by atoms with Gasteiger partial charge in [0.05, 0.1) is 0 Å². The number of carbonyl (C=O) groups is 1. The first-order chi connectivity index (χ1) is 11.0. The van der Waals surface area contributed by atoms with E-state index in [0.29, 0.717) is 5.69 Å². The monoisotopic (exact) mass is 327 g/mol. The number of hydrogen-bond donors (Lipinski definition) is 3. The molecule has 24 heavy (non-hydrogen) atoms. The van der Waals surface area contributed by atoms with Crippen molar-refractivity contribution in [2.75, 3.05) is 0 Å². The number of amides is 1. The number of aromatic nitrogens is 1. The van der Waals surface area contributed by atoms with Gasteiger partial charge in [0.25, 0.3) is 5.91 Å². The maximum Gasteiger partial charge on any atom is 0.267 e. The molecule has 1 aromatic heterocycles. The number of H-pyrrole nitrogens is 1. The van der Waals surface area contributed by atoms with Crippen LogP contribution in [0.4, 0.5) is 0 Å². The third-order valence-corrected chi connectivity index (χ3v) is 4.86. The molecule has 3 N–H and O–H groups in total. The number of aromatic amines is 1. The lowest BCUT2D eigenvalue weighted by atomic mass is 9.79. The molecule has 130 valence electrons. The highest BCUT2D eigenvalue weighted by atomic mass is 16.1. The predicted molar refractivity (Wildman–Crippen MR) is 99.6 cm³/mol. The minimum atomic E-state index is -0.0123. The fourth-order valence-electron chi connectivity index (χ4n) is 4.41. The Labute approximate surface area is 144 Å². The van der Waals surface area contributed by atoms with Crippen LogP contribution in [0.3, 0.4) is 0 Å². The summed E-state index contributed by atoms with van der Waals surface area (Å²) in [4.78, 5) is 16.0. The summed E-state index contributed by atoms with van der Waals surface area (Å²) in [5, 5.41) is 8.00. The van der Waals surface area contributed by atoms with E-state index >= 15 is 0 Å². The maximum absolute atomic E-state index is 12.7. The molecule has 0 aliphatic carbocycles. The van der Waals surface area contributed by atoms with E-state index in [0.717, 1.165) is 23.7 Å². The number of carbonyl (C=O) groups excluding carboxylic acids is 1. The predicted octanol–water partition coefficient (Wildman–Crippen LogP) is 3.82. The van der Waals surface area contributed by atoms with Gasteiger partial charge < -0.3 is 15.6 Å². The second-order valence-electron chi connectivity index (χ2n) is 8.70. The van der Waals surface area contributed by atoms with Gasteiger partial charge in [-0.2, -0.15) is 0 Å². The lowest BCUT2D eigenvalue weighted by Gasteiger charge is -2.46. The molecule has 4 nitrogen and oxygen atoms in total. The summed E-state index contributed by atoms with van der Waals surface area (Å²) in [5.41, 5.74) is 4.12. The lowest BCUT2D eigenvalue weighted by molar-refractivity contribution is 0.0869. The smallest absolute Gasteiger partial charge is 0.267 e. The Balaban J connectivity index is 1.81. The van der Waals surface area contributed by atoms with Crippen LogP contribution < -0.4 is 10.6 Å². The van der Waals surface area contributed by atoms with Gasteiger partial charge in [-0.15, -0.1) is 0 Å². The average Bonchev–Trinajstić information content (AvgIpc) is 2.78. The van der Waals surface area contributed by atoms with E-state index in [1.165, 1.54) is 11.1 Å². The lowest BCUT2D eigenvalue weighted by Crippen LogP contribution is -2.62. The van der Waals surface area contributed by atoms with Crippen molar-refractivity contribution in [3.05, 3.63) is 35.0 Å². The first-order valence-electron chi connectivity index (χ1n) is 8.75. The molecule has 1 aliphatic heterocycles. The Bertz CT molecular complexity index is 770. The van der Waals surface area contributed by atoms with Crippen molar-refractivity contribution in [3.8, 4) is 0 Å². The topological polar surface area (TPSA) is 56.9 Å². The molecule has 0 radical (unpaired) electrons. The summed E-state index contributed by atoms with van der Waals surface area (Å²) in [6, 6.07) is 6.39. The summed E-state index contributed by atoms with van der Waals surface area (Å²) in [6.45, 7) is 12.9. The highest BCUT2D eigenvalue weighted by molar-refractivity contribution is 5.99. The zero-order valence-corrected chi connectivity index (χ0v) is 15.6. The summed E-state index contributed by atoms with van der Waals surface area (Å²) in [6.07, 6.45) is 1.86. The first-order valence-corrected chi connectivity index (χ1v) is 8.75. The molecule has 1 aliphatic rings. The maximum atomic E-state index is 12.7. The van der Waals surface area contributed by atoms with Gasteiger partial charge in [0, 0.05) is 28.0 Å². The number of hydrogen-bond acceptors (Lipinski definition) is 2. The van der Waals surface area contributed by atoms with E-state index in [4.69, 9.17) is 0 Å². The molecule has 0 spiro atoms. The van der Waals surface area contributed by atoms with Gasteiger partial charge in [0.15, 0.2) is 0 Å². The zero-order chi connectivity index (χ0) is 17.7. The minimum absolute atomic E-state index is 0.0123. The molecule has 2 heterocycles. The molecule has 1 fully saturated rings. The van der Waals surface area contributed by atoms with Gasteiger partial charge >= 0.3 is 0 Å². The Morgan fingerprint density at radius 2 is 1.71 bits per heavy atom. The largest absolute Gasteiger partial charge is 0.351 e. The van der Waals surface area contributed by atoms with Crippen molar-refractivity contribution in [2.45, 2.75) is 71.5 Å². The van der Waals surface area contributed by atoms with Crippen molar-refractivity contribution < 1.29 is 4.79 Å². The van der Waals surface area contributed by atoms with E-state index in [9.17, 15) is 4.79 Å². The van der Waals surface area contributed by atoms with Gasteiger partial charge in [-0.3, -0.25) is 4.79 Å². The van der Waals surface area contributed by atoms with Crippen molar-refractivity contribution in [2.24, 2.45) is 0 Å². The standard InChI is InChI=1S/C20H29N3O/c1-12-7-13(2)15-9-17(22-16(15)8-12)18(24)21-14-10-19(3,4)23-20(5,6)11-14/h7-9,14,22-23H,10-11H2,1-6H3,(H,21,24). The molecule has 4 heteroatoms. The molecule has 0 atom stereocenters. The van der Waals surface area contributed by atoms with Crippen LogP contribution in [0.15, 0.2) is 18.2 Å². The third kappa shape index (κ3) is 3.48. The molecule has 0 unspecified atom stereocenters. The van der Waals surface area contributed by atoms with Crippen molar-refractivity contribution in [1.29, 1.82) is 0 Å². The van der Waals surface area contributed by atoms with Crippen molar-refractivity contribution in [1.82, 2.24) is 15.6 Å². The Morgan fingerprint density at radius 1 is 1.08 bits per heavy atom. The number of benzene rings is 1. The fourth-order valence-corrected chi connectivity index (χ4v) is 4.41. The SMILES string of the molecule is Cc1cc(C)c2cc(C(=O)NC3CC(C)(C)NC(C)(C)C3)[nH]c2c1. The highest BCUT2D eigenvalue weighted by Gasteiger charge is 2.38. The Hall–Kier alpha value is -1.81. The second kappa shape index (κ2) is 5.62. The molecule has 0 saturated carbocycles. The number of nitrogens with one attached hydrogen (secondary N) is 3. The molecular weight excluding hydrogens is 298 g/mol. The Kier molecular flexibility index (Phi) is 3.99. The van der Waals surface area contributed by atoms with Crippen LogP contribution in [0.5, 0.6) is 0 Å². The molecule has 2 aromatic rings. The van der Waals surface area contributed by atoms with Crippen molar-refractivity contribution >= 4 is 16.8 Å². The molecule has 3 rings (SSSR count). The average molecular weight is 327 g/mol. The number of piperidine rings is 1. The molecule has 1 aromatic carbocycles. The summed E-state index contributed by atoms with van der Waals surface area (Å²) in [7, 11) is 0. The fraction of sp³-hybridized carbons (Fsp3) is 0.550. The van der Waals surface area contributed by atoms with Gasteiger partial charge in [-0.1, -0.05) is 6.07 Å². The van der Waals surface area contributed by atoms with Gasteiger partial charge in [0.1, 0.15) is 5.69 Å². The number of aryl methyl sites for hydroxylation is 2. The van der Waals surface area contributed by atoms with Gasteiger partial charge in [-0.25, -0.2) is 0 Å². The minimum Gasteiger partial charge on any atom is -0.351 e. The van der Waals surface area contributed by atoms with Crippen LogP contribution >= 0.6 is 0 Å². The van der Waals surface area contributed by atoms with Gasteiger partial charge in [0.2, 0.25) is 0 Å². The van der Waals surface area contributed by atoms with Crippen LogP contribution in [0, 0.1) is 13.8 Å². The zero-order valence-electron chi connectivity index (χ0n) is 15.6. The molecular formula is C20H29N3O. The van der Waals surface area contributed by atoms with Crippen LogP contribution in [-0.4, -0.2) is 28.0 Å². The van der Waals surface area contributed by atoms with Gasteiger partial charge in [-0.05, 0) is 77.6 Å². The molecule has 1 saturated heterocycles. The first kappa shape index (κ1) is 17.0. The number of fused-ring (bicyclic) bond motifs is 1. The van der Waals surface area contributed by atoms with E-state index in [-0.39, 0.29) is 23.0 Å². The normalized spacial score (nSPS) is 20.2. The third-order valence-electron chi connectivity index (χ3n) is 4.86. The number of rotatable bonds is 2.